The molecular formula is C20H25ClO. The zero-order valence-electron chi connectivity index (χ0n) is 14.2. The fourth-order valence-electron chi connectivity index (χ4n) is 2.40. The largest absolute Gasteiger partial charge is 0.508 e. The van der Waals surface area contributed by atoms with Crippen LogP contribution in [0.2, 0.25) is 0 Å². The molecule has 1 nitrogen and oxygen atoms in total. The average Bonchev–Trinajstić information content (AvgIpc) is 2.46. The fraction of sp³-hybridized carbons (Fsp3) is 0.300. The second-order valence-electron chi connectivity index (χ2n) is 5.65. The Bertz CT molecular complexity index is 675. The van der Waals surface area contributed by atoms with Crippen LogP contribution in [0.5, 0.6) is 5.75 Å². The van der Waals surface area contributed by atoms with Crippen molar-refractivity contribution in [3.8, 4) is 5.75 Å². The van der Waals surface area contributed by atoms with Gasteiger partial charge in [0.25, 0.3) is 0 Å². The summed E-state index contributed by atoms with van der Waals surface area (Å²) < 4.78 is 0. The van der Waals surface area contributed by atoms with E-state index < -0.39 is 0 Å². The summed E-state index contributed by atoms with van der Waals surface area (Å²) in [5.41, 5.74) is 7.07. The minimum atomic E-state index is 0.360. The quantitative estimate of drug-likeness (QED) is 0.631. The SMILES string of the molecule is C=C(C)C(=C)/C(Cl)=C\C(C)=C(/C)c1ccc(O)c(CC)c1C. The molecule has 0 aliphatic heterocycles. The molecule has 0 saturated heterocycles. The molecule has 1 rings (SSSR count). The Morgan fingerprint density at radius 2 is 1.82 bits per heavy atom. The molecule has 0 aliphatic rings. The summed E-state index contributed by atoms with van der Waals surface area (Å²) in [6.07, 6.45) is 2.73. The van der Waals surface area contributed by atoms with E-state index in [1.807, 2.05) is 39.8 Å². The third-order valence-electron chi connectivity index (χ3n) is 4.07. The van der Waals surface area contributed by atoms with Crippen molar-refractivity contribution in [2.24, 2.45) is 0 Å². The zero-order valence-corrected chi connectivity index (χ0v) is 14.9. The number of aromatic hydroxyl groups is 1. The van der Waals surface area contributed by atoms with Crippen molar-refractivity contribution in [1.29, 1.82) is 0 Å². The molecule has 0 spiro atoms. The minimum Gasteiger partial charge on any atom is -0.508 e. The summed E-state index contributed by atoms with van der Waals surface area (Å²) in [7, 11) is 0. The summed E-state index contributed by atoms with van der Waals surface area (Å²) in [5.74, 6) is 0.360. The van der Waals surface area contributed by atoms with Crippen LogP contribution in [0.15, 0.2) is 53.1 Å². The Morgan fingerprint density at radius 3 is 2.32 bits per heavy atom. The molecule has 0 atom stereocenters. The Balaban J connectivity index is 3.35. The van der Waals surface area contributed by atoms with Crippen LogP contribution in [-0.4, -0.2) is 5.11 Å². The van der Waals surface area contributed by atoms with Crippen LogP contribution in [0, 0.1) is 6.92 Å². The molecule has 1 aromatic rings. The molecule has 22 heavy (non-hydrogen) atoms. The van der Waals surface area contributed by atoms with Crippen LogP contribution < -0.4 is 0 Å². The van der Waals surface area contributed by atoms with Gasteiger partial charge in [-0.15, -0.1) is 0 Å². The van der Waals surface area contributed by atoms with Crippen molar-refractivity contribution in [2.45, 2.75) is 41.0 Å². The molecule has 0 aliphatic carbocycles. The maximum absolute atomic E-state index is 9.95. The number of benzene rings is 1. The molecular weight excluding hydrogens is 292 g/mol. The van der Waals surface area contributed by atoms with Gasteiger partial charge in [-0.05, 0) is 79.7 Å². The van der Waals surface area contributed by atoms with E-state index in [1.165, 1.54) is 0 Å². The smallest absolute Gasteiger partial charge is 0.119 e. The summed E-state index contributed by atoms with van der Waals surface area (Å²) in [5, 5.41) is 10.6. The molecule has 0 unspecified atom stereocenters. The highest BCUT2D eigenvalue weighted by Crippen LogP contribution is 2.31. The first-order chi connectivity index (χ1) is 10.2. The lowest BCUT2D eigenvalue weighted by Gasteiger charge is -2.14. The van der Waals surface area contributed by atoms with E-state index >= 15 is 0 Å². The van der Waals surface area contributed by atoms with Gasteiger partial charge in [0.05, 0.1) is 0 Å². The van der Waals surface area contributed by atoms with Crippen molar-refractivity contribution < 1.29 is 5.11 Å². The number of hydrogen-bond donors (Lipinski definition) is 1. The molecule has 2 heteroatoms. The summed E-state index contributed by atoms with van der Waals surface area (Å²) in [6.45, 7) is 17.9. The molecule has 0 aromatic heterocycles. The highest BCUT2D eigenvalue weighted by Gasteiger charge is 2.10. The van der Waals surface area contributed by atoms with Gasteiger partial charge in [0.1, 0.15) is 5.75 Å². The zero-order chi connectivity index (χ0) is 17.0. The van der Waals surface area contributed by atoms with Gasteiger partial charge in [-0.25, -0.2) is 0 Å². The topological polar surface area (TPSA) is 20.2 Å². The van der Waals surface area contributed by atoms with Crippen LogP contribution in [0.1, 0.15) is 44.4 Å². The first kappa shape index (κ1) is 18.3. The third kappa shape index (κ3) is 3.92. The molecule has 1 aromatic carbocycles. The highest BCUT2D eigenvalue weighted by molar-refractivity contribution is 6.32. The first-order valence-corrected chi connectivity index (χ1v) is 7.80. The van der Waals surface area contributed by atoms with Gasteiger partial charge < -0.3 is 5.11 Å². The van der Waals surface area contributed by atoms with Gasteiger partial charge >= 0.3 is 0 Å². The van der Waals surface area contributed by atoms with Crippen molar-refractivity contribution in [1.82, 2.24) is 0 Å². The molecule has 0 amide bonds. The van der Waals surface area contributed by atoms with Crippen LogP contribution in [0.3, 0.4) is 0 Å². The van der Waals surface area contributed by atoms with Crippen molar-refractivity contribution in [2.75, 3.05) is 0 Å². The Hall–Kier alpha value is -1.73. The fourth-order valence-corrected chi connectivity index (χ4v) is 2.72. The van der Waals surface area contributed by atoms with Gasteiger partial charge in [0, 0.05) is 5.03 Å². The maximum Gasteiger partial charge on any atom is 0.119 e. The normalized spacial score (nSPS) is 12.9. The Labute approximate surface area is 139 Å². The van der Waals surface area contributed by atoms with Gasteiger partial charge in [-0.3, -0.25) is 0 Å². The lowest BCUT2D eigenvalue weighted by Crippen LogP contribution is -1.95. The summed E-state index contributed by atoms with van der Waals surface area (Å²) >= 11 is 6.30. The Kier molecular flexibility index (Phi) is 6.25. The van der Waals surface area contributed by atoms with Crippen LogP contribution in [0.4, 0.5) is 0 Å². The average molecular weight is 317 g/mol. The van der Waals surface area contributed by atoms with Crippen molar-refractivity contribution in [3.63, 3.8) is 0 Å². The van der Waals surface area contributed by atoms with Gasteiger partial charge in [0.2, 0.25) is 0 Å². The number of allylic oxidation sites excluding steroid dienone is 6. The lowest BCUT2D eigenvalue weighted by atomic mass is 9.92. The Morgan fingerprint density at radius 1 is 1.23 bits per heavy atom. The summed E-state index contributed by atoms with van der Waals surface area (Å²) in [6, 6.07) is 3.72. The number of phenolic OH excluding ortho intramolecular Hbond substituents is 1. The second kappa shape index (κ2) is 7.51. The van der Waals surface area contributed by atoms with E-state index in [2.05, 4.69) is 20.1 Å². The number of rotatable bonds is 5. The maximum atomic E-state index is 9.95. The van der Waals surface area contributed by atoms with Gasteiger partial charge in [-0.2, -0.15) is 0 Å². The monoisotopic (exact) mass is 316 g/mol. The van der Waals surface area contributed by atoms with E-state index in [1.54, 1.807) is 6.07 Å². The molecule has 0 saturated carbocycles. The molecule has 0 fully saturated rings. The molecule has 0 bridgehead atoms. The standard InChI is InChI=1S/C20H25ClO/c1-8-17-16(7)18(9-10-20(17)22)15(6)13(4)11-19(21)14(5)12(2)3/h9-11,22H,2,5,8H2,1,3-4,6-7H3/b15-13+,19-11+. The van der Waals surface area contributed by atoms with Crippen LogP contribution in [0.25, 0.3) is 5.57 Å². The van der Waals surface area contributed by atoms with Gasteiger partial charge in [-0.1, -0.05) is 43.3 Å². The molecule has 1 N–H and O–H groups in total. The van der Waals surface area contributed by atoms with Crippen molar-refractivity contribution in [3.05, 3.63) is 69.8 Å². The minimum absolute atomic E-state index is 0.360. The predicted octanol–water partition coefficient (Wildman–Crippen LogP) is 6.31. The highest BCUT2D eigenvalue weighted by atomic mass is 35.5. The third-order valence-corrected chi connectivity index (χ3v) is 4.41. The number of halogens is 1. The van der Waals surface area contributed by atoms with E-state index in [0.29, 0.717) is 10.8 Å². The molecule has 118 valence electrons. The predicted molar refractivity (Wildman–Crippen MR) is 98.4 cm³/mol. The number of hydrogen-bond acceptors (Lipinski definition) is 1. The van der Waals surface area contributed by atoms with E-state index in [0.717, 1.165) is 45.4 Å². The van der Waals surface area contributed by atoms with E-state index in [-0.39, 0.29) is 0 Å². The summed E-state index contributed by atoms with van der Waals surface area (Å²) in [4.78, 5) is 0. The van der Waals surface area contributed by atoms with E-state index in [9.17, 15) is 5.11 Å². The molecule has 0 radical (unpaired) electrons. The first-order valence-electron chi connectivity index (χ1n) is 7.42. The van der Waals surface area contributed by atoms with Crippen LogP contribution in [-0.2, 0) is 6.42 Å². The second-order valence-corrected chi connectivity index (χ2v) is 6.06. The van der Waals surface area contributed by atoms with Crippen molar-refractivity contribution >= 4 is 17.2 Å². The molecule has 0 heterocycles. The van der Waals surface area contributed by atoms with E-state index in [4.69, 9.17) is 11.6 Å². The number of phenols is 1. The van der Waals surface area contributed by atoms with Gasteiger partial charge in [0.15, 0.2) is 0 Å². The lowest BCUT2D eigenvalue weighted by molar-refractivity contribution is 0.468. The van der Waals surface area contributed by atoms with Crippen LogP contribution >= 0.6 is 11.6 Å².